The van der Waals surface area contributed by atoms with Gasteiger partial charge >= 0.3 is 168 Å². The van der Waals surface area contributed by atoms with Gasteiger partial charge in [0, 0.05) is 9.79 Å². The van der Waals surface area contributed by atoms with E-state index in [4.69, 9.17) is 10.2 Å². The first kappa shape index (κ1) is 32.8. The number of carboxylic acids is 2. The molecule has 6 rings (SSSR count). The van der Waals surface area contributed by atoms with Crippen molar-refractivity contribution in [2.24, 2.45) is 0 Å². The van der Waals surface area contributed by atoms with Crippen LogP contribution in [0.2, 0.25) is 0 Å². The first-order chi connectivity index (χ1) is 22.5. The summed E-state index contributed by atoms with van der Waals surface area (Å²) in [4.78, 5) is 23.3. The molecule has 0 aliphatic heterocycles. The van der Waals surface area contributed by atoms with Gasteiger partial charge in [-0.25, -0.2) is 9.59 Å². The summed E-state index contributed by atoms with van der Waals surface area (Å²) in [5.74, 6) is -1.89. The van der Waals surface area contributed by atoms with Crippen molar-refractivity contribution >= 4 is 56.7 Å². The van der Waals surface area contributed by atoms with Gasteiger partial charge < -0.3 is 10.2 Å². The van der Waals surface area contributed by atoms with Gasteiger partial charge in [0.05, 0.1) is 11.1 Å². The number of hydrogen-bond donors (Lipinski definition) is 2. The zero-order valence-electron chi connectivity index (χ0n) is 24.9. The van der Waals surface area contributed by atoms with Crippen molar-refractivity contribution in [3.05, 3.63) is 187 Å². The Bertz CT molecular complexity index is 1680. The van der Waals surface area contributed by atoms with Crippen LogP contribution in [0.4, 0.5) is 0 Å². The van der Waals surface area contributed by atoms with E-state index >= 15 is 0 Å². The Labute approximate surface area is 277 Å². The summed E-state index contributed by atoms with van der Waals surface area (Å²) in [6, 6.07) is 57.4. The van der Waals surface area contributed by atoms with Gasteiger partial charge in [-0.15, -0.1) is 0 Å². The van der Waals surface area contributed by atoms with E-state index < -0.39 is 19.2 Å². The fraction of sp³-hybridized carbons (Fsp3) is 0.0256. The molecule has 7 heteroatoms. The van der Waals surface area contributed by atoms with E-state index in [0.29, 0.717) is 0 Å². The molecular formula is C39H33O4PS2. The fourth-order valence-electron chi connectivity index (χ4n) is 5.28. The van der Waals surface area contributed by atoms with Gasteiger partial charge in [0.15, 0.2) is 0 Å². The first-order valence-electron chi connectivity index (χ1n) is 14.7. The average molecular weight is 661 g/mol. The molecule has 6 aromatic rings. The number of aromatic carboxylic acids is 2. The zero-order valence-corrected chi connectivity index (χ0v) is 27.5. The molecule has 0 saturated heterocycles. The summed E-state index contributed by atoms with van der Waals surface area (Å²) in [5.41, 5.74) is 1.91. The maximum absolute atomic E-state index is 10.7. The minimum atomic E-state index is -2.16. The van der Waals surface area contributed by atoms with Gasteiger partial charge in [-0.3, -0.25) is 0 Å². The molecule has 0 spiro atoms. The number of hydrogen-bond acceptors (Lipinski definition) is 4. The van der Waals surface area contributed by atoms with E-state index in [0.717, 1.165) is 16.0 Å². The molecule has 230 valence electrons. The fourth-order valence-corrected chi connectivity index (χ4v) is 12.0. The number of rotatable bonds is 10. The Kier molecular flexibility index (Phi) is 11.5. The molecule has 6 aromatic carbocycles. The summed E-state index contributed by atoms with van der Waals surface area (Å²) in [6.07, 6.45) is 1.06. The first-order valence-corrected chi connectivity index (χ1v) is 19.0. The molecule has 0 aliphatic carbocycles. The molecule has 0 aromatic heterocycles. The topological polar surface area (TPSA) is 74.6 Å². The third-order valence-electron chi connectivity index (χ3n) is 7.55. The van der Waals surface area contributed by atoms with Crippen LogP contribution in [0.25, 0.3) is 0 Å². The molecule has 0 radical (unpaired) electrons. The van der Waals surface area contributed by atoms with Gasteiger partial charge in [-0.1, -0.05) is 21.6 Å². The number of carbonyl (C=O) groups is 2. The monoisotopic (exact) mass is 660 g/mol. The van der Waals surface area contributed by atoms with Crippen molar-refractivity contribution in [3.8, 4) is 0 Å². The van der Waals surface area contributed by atoms with Crippen LogP contribution in [-0.2, 0) is 6.16 Å². The Morgan fingerprint density at radius 1 is 0.435 bits per heavy atom. The van der Waals surface area contributed by atoms with Gasteiger partial charge in [-0.05, 0) is 48.5 Å². The quantitative estimate of drug-likeness (QED) is 0.113. The van der Waals surface area contributed by atoms with Gasteiger partial charge in [-0.2, -0.15) is 0 Å². The Morgan fingerprint density at radius 2 is 0.739 bits per heavy atom. The maximum atomic E-state index is 10.7. The van der Waals surface area contributed by atoms with E-state index in [9.17, 15) is 9.59 Å². The molecule has 0 amide bonds. The van der Waals surface area contributed by atoms with Crippen molar-refractivity contribution in [2.45, 2.75) is 16.0 Å². The van der Waals surface area contributed by atoms with Crippen LogP contribution in [0.3, 0.4) is 0 Å². The molecule has 0 aliphatic rings. The molecule has 0 bridgehead atoms. The van der Waals surface area contributed by atoms with E-state index in [2.05, 4.69) is 121 Å². The Balaban J connectivity index is 0.000000188. The van der Waals surface area contributed by atoms with Crippen LogP contribution in [0, 0.1) is 0 Å². The predicted molar refractivity (Wildman–Crippen MR) is 195 cm³/mol. The molecule has 0 saturated carbocycles. The van der Waals surface area contributed by atoms with E-state index in [1.54, 1.807) is 48.5 Å². The van der Waals surface area contributed by atoms with Crippen molar-refractivity contribution in [1.82, 2.24) is 0 Å². The molecule has 0 fully saturated rings. The van der Waals surface area contributed by atoms with E-state index in [1.165, 1.54) is 43.1 Å². The third-order valence-corrected chi connectivity index (χ3v) is 14.9. The summed E-state index contributed by atoms with van der Waals surface area (Å²) in [6.45, 7) is 0. The average Bonchev–Trinajstić information content (AvgIpc) is 3.12. The van der Waals surface area contributed by atoms with Crippen LogP contribution < -0.4 is 15.9 Å². The Hall–Kier alpha value is -4.61. The molecular weight excluding hydrogens is 628 g/mol. The zero-order chi connectivity index (χ0) is 32.2. The number of carboxylic acid groups (broad SMARTS) is 2. The normalized spacial score (nSPS) is 11.1. The van der Waals surface area contributed by atoms with Crippen molar-refractivity contribution < 1.29 is 19.8 Å². The second-order valence-electron chi connectivity index (χ2n) is 10.5. The second-order valence-corrected chi connectivity index (χ2v) is 16.7. The van der Waals surface area contributed by atoms with Gasteiger partial charge in [0.1, 0.15) is 0 Å². The summed E-state index contributed by atoms with van der Waals surface area (Å²) in [5, 5.41) is 22.0. The summed E-state index contributed by atoms with van der Waals surface area (Å²) >= 11 is 0. The molecule has 0 atom stereocenters. The van der Waals surface area contributed by atoms with Crippen LogP contribution in [0.5, 0.6) is 0 Å². The SMILES string of the molecule is O=C(O)c1ccc(SSc2ccc(C(=O)O)cc2)cc1.c1ccc(C[PH](c2ccccc2)(c2ccccc2)c2ccccc2)cc1. The molecule has 0 unspecified atom stereocenters. The minimum absolute atomic E-state index is 0.255. The summed E-state index contributed by atoms with van der Waals surface area (Å²) in [7, 11) is 0.804. The third kappa shape index (κ3) is 8.35. The van der Waals surface area contributed by atoms with Crippen molar-refractivity contribution in [2.75, 3.05) is 0 Å². The van der Waals surface area contributed by atoms with Crippen molar-refractivity contribution in [3.63, 3.8) is 0 Å². The molecule has 46 heavy (non-hydrogen) atoms. The van der Waals surface area contributed by atoms with E-state index in [1.807, 2.05) is 0 Å². The number of benzene rings is 6. The van der Waals surface area contributed by atoms with E-state index in [-0.39, 0.29) is 11.1 Å². The standard InChI is InChI=1S/C25H23P.C14H10O4S2/c1-5-13-22(14-6-1)21-26(23-15-7-2-8-16-23,24-17-9-3-10-18-24)25-19-11-4-12-20-25;15-13(16)9-1-5-11(6-2-9)19-20-12-7-3-10(4-8-12)14(17)18/h1-20,26H,21H2;1-8H,(H,15,16)(H,17,18). The van der Waals surface area contributed by atoms with Crippen LogP contribution in [-0.4, -0.2) is 22.2 Å². The van der Waals surface area contributed by atoms with Crippen LogP contribution >= 0.6 is 28.9 Å². The van der Waals surface area contributed by atoms with Crippen LogP contribution in [0.1, 0.15) is 26.3 Å². The Morgan fingerprint density at radius 3 is 1.04 bits per heavy atom. The van der Waals surface area contributed by atoms with Crippen LogP contribution in [0.15, 0.2) is 180 Å². The van der Waals surface area contributed by atoms with Gasteiger partial charge in [0.2, 0.25) is 0 Å². The second kappa shape index (κ2) is 16.1. The predicted octanol–water partition coefficient (Wildman–Crippen LogP) is 8.80. The summed E-state index contributed by atoms with van der Waals surface area (Å²) < 4.78 is 0. The molecule has 4 nitrogen and oxygen atoms in total. The van der Waals surface area contributed by atoms with Gasteiger partial charge in [0.25, 0.3) is 0 Å². The van der Waals surface area contributed by atoms with Crippen molar-refractivity contribution in [1.29, 1.82) is 0 Å². The molecule has 0 heterocycles. The molecule has 2 N–H and O–H groups in total.